The SMILES string of the molecule is CN1Cc2ccccc2CC1C(=O)NCCc1nccc(-c2ccccc2)n1. The Bertz CT molecular complexity index is 958. The Hall–Kier alpha value is -3.05. The van der Waals surface area contributed by atoms with Crippen molar-refractivity contribution in [1.82, 2.24) is 20.2 Å². The Morgan fingerprint density at radius 3 is 2.64 bits per heavy atom. The molecule has 0 spiro atoms. The molecule has 5 nitrogen and oxygen atoms in total. The summed E-state index contributed by atoms with van der Waals surface area (Å²) in [7, 11) is 2.01. The van der Waals surface area contributed by atoms with Gasteiger partial charge in [0.1, 0.15) is 5.82 Å². The lowest BCUT2D eigenvalue weighted by Gasteiger charge is -2.33. The zero-order chi connectivity index (χ0) is 19.3. The van der Waals surface area contributed by atoms with Crippen molar-refractivity contribution < 1.29 is 4.79 Å². The topological polar surface area (TPSA) is 58.1 Å². The quantitative estimate of drug-likeness (QED) is 0.748. The average Bonchev–Trinajstić information content (AvgIpc) is 2.74. The highest BCUT2D eigenvalue weighted by atomic mass is 16.2. The van der Waals surface area contributed by atoms with Crippen LogP contribution in [0.15, 0.2) is 66.9 Å². The summed E-state index contributed by atoms with van der Waals surface area (Å²) in [5.41, 5.74) is 4.54. The van der Waals surface area contributed by atoms with E-state index >= 15 is 0 Å². The van der Waals surface area contributed by atoms with Crippen molar-refractivity contribution in [3.8, 4) is 11.3 Å². The van der Waals surface area contributed by atoms with E-state index in [0.717, 1.165) is 30.0 Å². The summed E-state index contributed by atoms with van der Waals surface area (Å²) in [4.78, 5) is 23.8. The van der Waals surface area contributed by atoms with Crippen molar-refractivity contribution in [2.45, 2.75) is 25.4 Å². The maximum absolute atomic E-state index is 12.7. The van der Waals surface area contributed by atoms with E-state index in [0.29, 0.717) is 13.0 Å². The van der Waals surface area contributed by atoms with Crippen LogP contribution in [0, 0.1) is 0 Å². The van der Waals surface area contributed by atoms with E-state index in [9.17, 15) is 4.79 Å². The number of benzene rings is 2. The number of carbonyl (C=O) groups excluding carboxylic acids is 1. The first kappa shape index (κ1) is 18.3. The van der Waals surface area contributed by atoms with Gasteiger partial charge < -0.3 is 5.32 Å². The van der Waals surface area contributed by atoms with Gasteiger partial charge >= 0.3 is 0 Å². The van der Waals surface area contributed by atoms with E-state index in [1.807, 2.05) is 49.5 Å². The molecule has 2 heterocycles. The summed E-state index contributed by atoms with van der Waals surface area (Å²) in [6.07, 6.45) is 3.14. The van der Waals surface area contributed by atoms with E-state index in [-0.39, 0.29) is 11.9 Å². The minimum absolute atomic E-state index is 0.0659. The molecule has 4 rings (SSSR count). The Labute approximate surface area is 165 Å². The van der Waals surface area contributed by atoms with Gasteiger partial charge in [0.05, 0.1) is 11.7 Å². The van der Waals surface area contributed by atoms with Crippen LogP contribution in [0.4, 0.5) is 0 Å². The number of amides is 1. The normalized spacial score (nSPS) is 16.4. The van der Waals surface area contributed by atoms with Crippen LogP contribution in [0.25, 0.3) is 11.3 Å². The van der Waals surface area contributed by atoms with Crippen molar-refractivity contribution in [3.63, 3.8) is 0 Å². The van der Waals surface area contributed by atoms with Crippen LogP contribution in [0.3, 0.4) is 0 Å². The maximum atomic E-state index is 12.7. The highest BCUT2D eigenvalue weighted by Gasteiger charge is 2.28. The van der Waals surface area contributed by atoms with E-state index in [1.54, 1.807) is 6.20 Å². The predicted molar refractivity (Wildman–Crippen MR) is 110 cm³/mol. The molecule has 1 aliphatic rings. The van der Waals surface area contributed by atoms with Gasteiger partial charge in [0.25, 0.3) is 0 Å². The van der Waals surface area contributed by atoms with Gasteiger partial charge in [-0.3, -0.25) is 9.69 Å². The van der Waals surface area contributed by atoms with Crippen LogP contribution >= 0.6 is 0 Å². The van der Waals surface area contributed by atoms with E-state index in [1.165, 1.54) is 11.1 Å². The zero-order valence-corrected chi connectivity index (χ0v) is 16.0. The van der Waals surface area contributed by atoms with Gasteiger partial charge in [0.15, 0.2) is 0 Å². The molecule has 28 heavy (non-hydrogen) atoms. The molecule has 0 radical (unpaired) electrons. The Balaban J connectivity index is 1.35. The first-order valence-electron chi connectivity index (χ1n) is 9.63. The van der Waals surface area contributed by atoms with Crippen molar-refractivity contribution in [2.24, 2.45) is 0 Å². The number of rotatable bonds is 5. The second-order valence-corrected chi connectivity index (χ2v) is 7.17. The summed E-state index contributed by atoms with van der Waals surface area (Å²) in [5, 5.41) is 3.06. The van der Waals surface area contributed by atoms with Crippen molar-refractivity contribution in [3.05, 3.63) is 83.8 Å². The molecule has 1 N–H and O–H groups in total. The van der Waals surface area contributed by atoms with Gasteiger partial charge in [-0.15, -0.1) is 0 Å². The molecule has 0 saturated carbocycles. The molecule has 0 bridgehead atoms. The second kappa shape index (κ2) is 8.31. The summed E-state index contributed by atoms with van der Waals surface area (Å²) in [5.74, 6) is 0.806. The molecule has 142 valence electrons. The number of hydrogen-bond donors (Lipinski definition) is 1. The number of nitrogens with zero attached hydrogens (tertiary/aromatic N) is 3. The summed E-state index contributed by atoms with van der Waals surface area (Å²) in [6, 6.07) is 20.2. The minimum atomic E-state index is -0.133. The Morgan fingerprint density at radius 2 is 1.82 bits per heavy atom. The highest BCUT2D eigenvalue weighted by molar-refractivity contribution is 5.82. The third-order valence-corrected chi connectivity index (χ3v) is 5.21. The second-order valence-electron chi connectivity index (χ2n) is 7.17. The molecule has 5 heteroatoms. The fourth-order valence-electron chi connectivity index (χ4n) is 3.65. The van der Waals surface area contributed by atoms with Crippen LogP contribution in [-0.4, -0.2) is 40.4 Å². The molecule has 3 aromatic rings. The summed E-state index contributed by atoms with van der Waals surface area (Å²) < 4.78 is 0. The number of hydrogen-bond acceptors (Lipinski definition) is 4. The highest BCUT2D eigenvalue weighted by Crippen LogP contribution is 2.22. The lowest BCUT2D eigenvalue weighted by molar-refractivity contribution is -0.126. The predicted octanol–water partition coefficient (Wildman–Crippen LogP) is 2.86. The van der Waals surface area contributed by atoms with Crippen LogP contribution in [0.5, 0.6) is 0 Å². The van der Waals surface area contributed by atoms with Gasteiger partial charge in [-0.2, -0.15) is 0 Å². The van der Waals surface area contributed by atoms with Crippen LogP contribution < -0.4 is 5.32 Å². The van der Waals surface area contributed by atoms with Gasteiger partial charge in [-0.05, 0) is 30.7 Å². The van der Waals surface area contributed by atoms with E-state index in [2.05, 4.69) is 38.4 Å². The molecular formula is C23H24N4O. The molecular weight excluding hydrogens is 348 g/mol. The number of carbonyl (C=O) groups is 1. The lowest BCUT2D eigenvalue weighted by atomic mass is 9.94. The summed E-state index contributed by atoms with van der Waals surface area (Å²) >= 11 is 0. The third kappa shape index (κ3) is 4.10. The average molecular weight is 372 g/mol. The van der Waals surface area contributed by atoms with Gasteiger partial charge in [0, 0.05) is 31.3 Å². The Morgan fingerprint density at radius 1 is 1.07 bits per heavy atom. The molecule has 2 aromatic carbocycles. The number of aromatic nitrogens is 2. The van der Waals surface area contributed by atoms with Gasteiger partial charge in [-0.1, -0.05) is 54.6 Å². The molecule has 0 saturated heterocycles. The Kier molecular flexibility index (Phi) is 5.44. The number of fused-ring (bicyclic) bond motifs is 1. The molecule has 0 fully saturated rings. The van der Waals surface area contributed by atoms with E-state index < -0.39 is 0 Å². The molecule has 1 unspecified atom stereocenters. The minimum Gasteiger partial charge on any atom is -0.354 e. The van der Waals surface area contributed by atoms with Crippen molar-refractivity contribution >= 4 is 5.91 Å². The standard InChI is InChI=1S/C23H24N4O/c1-27-16-19-10-6-5-9-18(19)15-21(27)23(28)25-14-12-22-24-13-11-20(26-22)17-7-3-2-4-8-17/h2-11,13,21H,12,14-16H2,1H3,(H,25,28). The first-order valence-corrected chi connectivity index (χ1v) is 9.63. The van der Waals surface area contributed by atoms with Crippen molar-refractivity contribution in [1.29, 1.82) is 0 Å². The monoisotopic (exact) mass is 372 g/mol. The molecule has 0 aliphatic carbocycles. The molecule has 1 amide bonds. The van der Waals surface area contributed by atoms with Crippen LogP contribution in [-0.2, 0) is 24.2 Å². The number of likely N-dealkylation sites (N-methyl/N-ethyl adjacent to an activating group) is 1. The van der Waals surface area contributed by atoms with Gasteiger partial charge in [-0.25, -0.2) is 9.97 Å². The van der Waals surface area contributed by atoms with Crippen LogP contribution in [0.2, 0.25) is 0 Å². The fraction of sp³-hybridized carbons (Fsp3) is 0.261. The smallest absolute Gasteiger partial charge is 0.237 e. The molecule has 1 atom stereocenters. The molecule has 1 aromatic heterocycles. The summed E-state index contributed by atoms with van der Waals surface area (Å²) in [6.45, 7) is 1.33. The van der Waals surface area contributed by atoms with Crippen LogP contribution in [0.1, 0.15) is 17.0 Å². The fourth-order valence-corrected chi connectivity index (χ4v) is 3.65. The maximum Gasteiger partial charge on any atom is 0.237 e. The molecule has 1 aliphatic heterocycles. The number of nitrogens with one attached hydrogen (secondary N) is 1. The zero-order valence-electron chi connectivity index (χ0n) is 16.0. The largest absolute Gasteiger partial charge is 0.354 e. The lowest BCUT2D eigenvalue weighted by Crippen LogP contribution is -2.48. The van der Waals surface area contributed by atoms with Gasteiger partial charge in [0.2, 0.25) is 5.91 Å². The van der Waals surface area contributed by atoms with Crippen molar-refractivity contribution in [2.75, 3.05) is 13.6 Å². The first-order chi connectivity index (χ1) is 13.7. The van der Waals surface area contributed by atoms with E-state index in [4.69, 9.17) is 0 Å². The third-order valence-electron chi connectivity index (χ3n) is 5.21.